The van der Waals surface area contributed by atoms with E-state index in [2.05, 4.69) is 43.5 Å². The highest BCUT2D eigenvalue weighted by molar-refractivity contribution is 5.76. The molecule has 2 fully saturated rings. The minimum Gasteiger partial charge on any atom is -0.394 e. The molecule has 0 spiro atoms. The summed E-state index contributed by atoms with van der Waals surface area (Å²) in [5.41, 5.74) is 0. The molecule has 0 aliphatic carbocycles. The summed E-state index contributed by atoms with van der Waals surface area (Å²) in [4.78, 5) is 13.2. The Morgan fingerprint density at radius 1 is 0.515 bits per heavy atom. The van der Waals surface area contributed by atoms with Crippen LogP contribution in [0.4, 0.5) is 0 Å². The first-order valence-electron chi connectivity index (χ1n) is 27.2. The lowest BCUT2D eigenvalue weighted by Gasteiger charge is -2.46. The number of hydrogen-bond donors (Lipinski definition) is 9. The van der Waals surface area contributed by atoms with E-state index in [0.29, 0.717) is 12.8 Å². The highest BCUT2D eigenvalue weighted by atomic mass is 16.7. The number of amides is 1. The van der Waals surface area contributed by atoms with E-state index in [1.54, 1.807) is 6.08 Å². The van der Waals surface area contributed by atoms with Crippen molar-refractivity contribution in [3.8, 4) is 0 Å². The Hall–Kier alpha value is -1.79. The zero-order valence-corrected chi connectivity index (χ0v) is 42.3. The van der Waals surface area contributed by atoms with Crippen LogP contribution in [0, 0.1) is 0 Å². The van der Waals surface area contributed by atoms with Crippen molar-refractivity contribution in [2.75, 3.05) is 19.8 Å². The number of ether oxygens (including phenoxy) is 4. The fraction of sp³-hybridized carbons (Fsp3) is 0.870. The molecule has 0 radical (unpaired) electrons. The van der Waals surface area contributed by atoms with E-state index in [4.69, 9.17) is 18.9 Å². The van der Waals surface area contributed by atoms with E-state index in [9.17, 15) is 45.6 Å². The molecule has 0 aromatic carbocycles. The summed E-state index contributed by atoms with van der Waals surface area (Å²) in [6.45, 7) is 2.76. The average molecular weight is 970 g/mol. The van der Waals surface area contributed by atoms with Gasteiger partial charge in [-0.25, -0.2) is 0 Å². The van der Waals surface area contributed by atoms with Crippen molar-refractivity contribution >= 4 is 5.91 Å². The fourth-order valence-electron chi connectivity index (χ4n) is 8.85. The van der Waals surface area contributed by atoms with Crippen molar-refractivity contribution < 1.29 is 64.6 Å². The van der Waals surface area contributed by atoms with E-state index < -0.39 is 86.8 Å². The number of unbranched alkanes of at least 4 members (excludes halogenated alkanes) is 25. The van der Waals surface area contributed by atoms with Gasteiger partial charge in [0.1, 0.15) is 48.8 Å². The van der Waals surface area contributed by atoms with Crippen LogP contribution in [-0.2, 0) is 23.7 Å². The van der Waals surface area contributed by atoms with Crippen molar-refractivity contribution in [2.24, 2.45) is 0 Å². The van der Waals surface area contributed by atoms with Gasteiger partial charge in [-0.1, -0.05) is 192 Å². The molecular weight excluding hydrogens is 871 g/mol. The zero-order chi connectivity index (χ0) is 49.6. The third-order valence-corrected chi connectivity index (χ3v) is 13.3. The monoisotopic (exact) mass is 970 g/mol. The SMILES string of the molecule is CCCCCCCCCCCCCC/C=C/CC/C=C/CC/C=C/C(O)C(COC1OC(CO)C(OC2OC(CO)C(O)C(O)C2O)C(O)C1O)NC(=O)CCCCCCCCCCCCCC. The lowest BCUT2D eigenvalue weighted by molar-refractivity contribution is -0.359. The van der Waals surface area contributed by atoms with Crippen LogP contribution in [0.5, 0.6) is 0 Å². The number of nitrogens with one attached hydrogen (secondary N) is 1. The predicted molar refractivity (Wildman–Crippen MR) is 268 cm³/mol. The molecule has 68 heavy (non-hydrogen) atoms. The molecule has 2 rings (SSSR count). The van der Waals surface area contributed by atoms with Gasteiger partial charge in [0, 0.05) is 6.42 Å². The molecule has 0 saturated carbocycles. The first kappa shape index (κ1) is 62.3. The Balaban J connectivity index is 1.83. The molecule has 9 N–H and O–H groups in total. The molecule has 2 aliphatic heterocycles. The normalized spacial score (nSPS) is 26.6. The Bertz CT molecular complexity index is 1280. The first-order chi connectivity index (χ1) is 33.1. The molecule has 0 aromatic heterocycles. The molecule has 12 atom stereocenters. The van der Waals surface area contributed by atoms with E-state index in [0.717, 1.165) is 44.9 Å². The molecule has 2 aliphatic rings. The molecule has 0 aromatic rings. The van der Waals surface area contributed by atoms with E-state index >= 15 is 0 Å². The molecule has 12 unspecified atom stereocenters. The van der Waals surface area contributed by atoms with Crippen molar-refractivity contribution in [3.05, 3.63) is 36.5 Å². The molecule has 398 valence electrons. The van der Waals surface area contributed by atoms with Crippen LogP contribution in [0.3, 0.4) is 0 Å². The summed E-state index contributed by atoms with van der Waals surface area (Å²) in [5.74, 6) is -0.254. The van der Waals surface area contributed by atoms with Gasteiger partial charge in [-0.3, -0.25) is 4.79 Å². The van der Waals surface area contributed by atoms with Crippen LogP contribution in [0.1, 0.15) is 206 Å². The Morgan fingerprint density at radius 3 is 1.44 bits per heavy atom. The maximum atomic E-state index is 13.2. The van der Waals surface area contributed by atoms with Gasteiger partial charge in [-0.2, -0.15) is 0 Å². The molecular formula is C54H99NO13. The van der Waals surface area contributed by atoms with Gasteiger partial charge in [-0.15, -0.1) is 0 Å². The summed E-state index contributed by atoms with van der Waals surface area (Å²) in [7, 11) is 0. The van der Waals surface area contributed by atoms with Gasteiger partial charge < -0.3 is 65.1 Å². The number of allylic oxidation sites excluding steroid dienone is 5. The number of carbonyl (C=O) groups excluding carboxylic acids is 1. The largest absolute Gasteiger partial charge is 0.394 e. The van der Waals surface area contributed by atoms with Gasteiger partial charge in [-0.05, 0) is 44.9 Å². The van der Waals surface area contributed by atoms with Crippen molar-refractivity contribution in [2.45, 2.75) is 280 Å². The van der Waals surface area contributed by atoms with Crippen molar-refractivity contribution in [1.29, 1.82) is 0 Å². The Morgan fingerprint density at radius 2 is 0.941 bits per heavy atom. The standard InChI is InChI=1S/C54H99NO13/c1-3-5-7-9-11-13-15-17-18-19-20-21-22-23-24-25-26-27-29-31-33-35-37-43(58)42(55-46(59)38-36-34-32-30-28-16-14-12-10-8-6-4-2)41-65-53-51(64)49(62)52(45(40-57)67-53)68-54-50(63)48(61)47(60)44(39-56)66-54/h23-24,27,29,35,37,42-45,47-54,56-58,60-64H,3-22,25-26,28,30-34,36,38-41H2,1-2H3,(H,55,59)/b24-23+,29-27+,37-35+. The maximum absolute atomic E-state index is 13.2. The number of rotatable bonds is 42. The number of hydrogen-bond acceptors (Lipinski definition) is 13. The molecule has 14 nitrogen and oxygen atoms in total. The van der Waals surface area contributed by atoms with Crippen LogP contribution < -0.4 is 5.32 Å². The summed E-state index contributed by atoms with van der Waals surface area (Å²) in [5, 5.41) is 86.8. The Kier molecular flexibility index (Phi) is 37.4. The van der Waals surface area contributed by atoms with Crippen LogP contribution in [0.2, 0.25) is 0 Å². The van der Waals surface area contributed by atoms with E-state index in [1.165, 1.54) is 128 Å². The lowest BCUT2D eigenvalue weighted by atomic mass is 9.97. The quantitative estimate of drug-likeness (QED) is 0.0210. The number of carbonyl (C=O) groups is 1. The second-order valence-corrected chi connectivity index (χ2v) is 19.3. The molecule has 14 heteroatoms. The second-order valence-electron chi connectivity index (χ2n) is 19.3. The average Bonchev–Trinajstić information content (AvgIpc) is 3.34. The Labute approximate surface area is 411 Å². The van der Waals surface area contributed by atoms with Crippen LogP contribution >= 0.6 is 0 Å². The fourth-order valence-corrected chi connectivity index (χ4v) is 8.85. The van der Waals surface area contributed by atoms with E-state index in [1.807, 2.05) is 6.08 Å². The third kappa shape index (κ3) is 27.1. The highest BCUT2D eigenvalue weighted by Gasteiger charge is 2.51. The smallest absolute Gasteiger partial charge is 0.220 e. The topological polar surface area (TPSA) is 228 Å². The summed E-state index contributed by atoms with van der Waals surface area (Å²) >= 11 is 0. The van der Waals surface area contributed by atoms with Gasteiger partial charge in [0.2, 0.25) is 5.91 Å². The molecule has 2 saturated heterocycles. The lowest BCUT2D eigenvalue weighted by Crippen LogP contribution is -2.65. The summed E-state index contributed by atoms with van der Waals surface area (Å²) < 4.78 is 22.7. The zero-order valence-electron chi connectivity index (χ0n) is 42.3. The number of aliphatic hydroxyl groups is 8. The second kappa shape index (κ2) is 40.8. The summed E-state index contributed by atoms with van der Waals surface area (Å²) in [6, 6.07) is -0.933. The minimum atomic E-state index is -1.79. The highest BCUT2D eigenvalue weighted by Crippen LogP contribution is 2.30. The van der Waals surface area contributed by atoms with Gasteiger partial charge in [0.15, 0.2) is 12.6 Å². The maximum Gasteiger partial charge on any atom is 0.220 e. The van der Waals surface area contributed by atoms with Crippen LogP contribution in [0.15, 0.2) is 36.5 Å². The minimum absolute atomic E-state index is 0.254. The van der Waals surface area contributed by atoms with Crippen LogP contribution in [0.25, 0.3) is 0 Å². The van der Waals surface area contributed by atoms with Crippen molar-refractivity contribution in [1.82, 2.24) is 5.32 Å². The molecule has 0 bridgehead atoms. The first-order valence-corrected chi connectivity index (χ1v) is 27.2. The van der Waals surface area contributed by atoms with Gasteiger partial charge >= 0.3 is 0 Å². The summed E-state index contributed by atoms with van der Waals surface area (Å²) in [6.07, 6.45) is 30.5. The van der Waals surface area contributed by atoms with Gasteiger partial charge in [0.05, 0.1) is 32.0 Å². The van der Waals surface area contributed by atoms with Crippen LogP contribution in [-0.4, -0.2) is 140 Å². The predicted octanol–water partition coefficient (Wildman–Crippen LogP) is 7.88. The van der Waals surface area contributed by atoms with E-state index in [-0.39, 0.29) is 18.9 Å². The van der Waals surface area contributed by atoms with Gasteiger partial charge in [0.25, 0.3) is 0 Å². The van der Waals surface area contributed by atoms with Crippen molar-refractivity contribution in [3.63, 3.8) is 0 Å². The molecule has 2 heterocycles. The number of aliphatic hydroxyl groups excluding tert-OH is 8. The third-order valence-electron chi connectivity index (χ3n) is 13.3. The molecule has 1 amide bonds.